The number of Topliss-reactive ketones (excluding diaryl/α,β-unsaturated/α-hetero) is 1. The number of hydrogen-bond acceptors (Lipinski definition) is 4. The summed E-state index contributed by atoms with van der Waals surface area (Å²) in [5, 5.41) is 10.2. The number of esters is 1. The lowest BCUT2D eigenvalue weighted by atomic mass is 9.89. The summed E-state index contributed by atoms with van der Waals surface area (Å²) < 4.78 is 4.85. The van der Waals surface area contributed by atoms with Crippen molar-refractivity contribution in [3.63, 3.8) is 0 Å². The van der Waals surface area contributed by atoms with Crippen molar-refractivity contribution in [1.29, 1.82) is 0 Å². The SMILES string of the molecule is CCOC(=O)CC[C@H](C(C)=O)[C@@H](O)CCc1ccccc1. The van der Waals surface area contributed by atoms with Crippen molar-refractivity contribution < 1.29 is 19.4 Å². The average molecular weight is 292 g/mol. The Labute approximate surface area is 126 Å². The predicted molar refractivity (Wildman–Crippen MR) is 80.8 cm³/mol. The molecule has 0 bridgehead atoms. The number of aliphatic hydroxyl groups excluding tert-OH is 1. The summed E-state index contributed by atoms with van der Waals surface area (Å²) >= 11 is 0. The molecule has 1 aromatic rings. The first-order valence-corrected chi connectivity index (χ1v) is 7.42. The molecule has 0 saturated carbocycles. The first-order chi connectivity index (χ1) is 10.0. The van der Waals surface area contributed by atoms with Crippen LogP contribution in [0.15, 0.2) is 30.3 Å². The van der Waals surface area contributed by atoms with Gasteiger partial charge in [-0.2, -0.15) is 0 Å². The van der Waals surface area contributed by atoms with Gasteiger partial charge < -0.3 is 9.84 Å². The van der Waals surface area contributed by atoms with Gasteiger partial charge in [-0.25, -0.2) is 0 Å². The molecule has 21 heavy (non-hydrogen) atoms. The Morgan fingerprint density at radius 2 is 1.86 bits per heavy atom. The third kappa shape index (κ3) is 6.54. The third-order valence-corrected chi connectivity index (χ3v) is 3.52. The second-order valence-electron chi connectivity index (χ2n) is 5.15. The van der Waals surface area contributed by atoms with Crippen molar-refractivity contribution in [3.05, 3.63) is 35.9 Å². The molecule has 0 aliphatic carbocycles. The quantitative estimate of drug-likeness (QED) is 0.710. The number of ether oxygens (including phenoxy) is 1. The fourth-order valence-electron chi connectivity index (χ4n) is 2.33. The van der Waals surface area contributed by atoms with Crippen LogP contribution in [0, 0.1) is 5.92 Å². The van der Waals surface area contributed by atoms with Gasteiger partial charge in [0.05, 0.1) is 12.7 Å². The highest BCUT2D eigenvalue weighted by Crippen LogP contribution is 2.18. The van der Waals surface area contributed by atoms with Crippen LogP contribution in [-0.2, 0) is 20.7 Å². The number of benzene rings is 1. The molecular formula is C17H24O4. The van der Waals surface area contributed by atoms with E-state index in [1.54, 1.807) is 6.92 Å². The van der Waals surface area contributed by atoms with Crippen molar-refractivity contribution in [1.82, 2.24) is 0 Å². The average Bonchev–Trinajstić information content (AvgIpc) is 2.46. The standard InChI is InChI=1S/C17H24O4/c1-3-21-17(20)12-10-15(13(2)18)16(19)11-9-14-7-5-4-6-8-14/h4-8,15-16,19H,3,9-12H2,1-2H3/t15-,16+/m1/s1. The molecule has 0 fully saturated rings. The van der Waals surface area contributed by atoms with E-state index in [4.69, 9.17) is 4.74 Å². The highest BCUT2D eigenvalue weighted by atomic mass is 16.5. The molecule has 0 saturated heterocycles. The van der Waals surface area contributed by atoms with Crippen LogP contribution in [0.4, 0.5) is 0 Å². The zero-order chi connectivity index (χ0) is 15.7. The monoisotopic (exact) mass is 292 g/mol. The normalized spacial score (nSPS) is 13.5. The van der Waals surface area contributed by atoms with Crippen LogP contribution >= 0.6 is 0 Å². The fourth-order valence-corrected chi connectivity index (χ4v) is 2.33. The molecule has 1 N–H and O–H groups in total. The topological polar surface area (TPSA) is 63.6 Å². The van der Waals surface area contributed by atoms with Crippen LogP contribution in [0.1, 0.15) is 38.7 Å². The summed E-state index contributed by atoms with van der Waals surface area (Å²) in [6, 6.07) is 9.83. The minimum Gasteiger partial charge on any atom is -0.466 e. The number of rotatable bonds is 9. The summed E-state index contributed by atoms with van der Waals surface area (Å²) in [5.74, 6) is -0.906. The van der Waals surface area contributed by atoms with E-state index in [0.29, 0.717) is 25.9 Å². The summed E-state index contributed by atoms with van der Waals surface area (Å²) in [6.07, 6.45) is 1.00. The summed E-state index contributed by atoms with van der Waals surface area (Å²) in [7, 11) is 0. The minimum absolute atomic E-state index is 0.0835. The molecule has 0 aliphatic rings. The van der Waals surface area contributed by atoms with Crippen LogP contribution < -0.4 is 0 Å². The summed E-state index contributed by atoms with van der Waals surface area (Å²) in [5.41, 5.74) is 1.13. The fraction of sp³-hybridized carbons (Fsp3) is 0.529. The molecule has 2 atom stereocenters. The van der Waals surface area contributed by atoms with Crippen molar-refractivity contribution >= 4 is 11.8 Å². The molecule has 116 valence electrons. The van der Waals surface area contributed by atoms with E-state index in [0.717, 1.165) is 5.56 Å². The highest BCUT2D eigenvalue weighted by Gasteiger charge is 2.24. The first kappa shape index (κ1) is 17.4. The van der Waals surface area contributed by atoms with Crippen molar-refractivity contribution in [2.24, 2.45) is 5.92 Å². The second-order valence-corrected chi connectivity index (χ2v) is 5.15. The molecule has 0 aromatic heterocycles. The Balaban J connectivity index is 2.47. The van der Waals surface area contributed by atoms with Crippen LogP contribution in [0.2, 0.25) is 0 Å². The zero-order valence-corrected chi connectivity index (χ0v) is 12.7. The van der Waals surface area contributed by atoms with E-state index in [2.05, 4.69) is 0 Å². The number of carbonyl (C=O) groups excluding carboxylic acids is 2. The minimum atomic E-state index is -0.725. The zero-order valence-electron chi connectivity index (χ0n) is 12.7. The van der Waals surface area contributed by atoms with Gasteiger partial charge in [0.2, 0.25) is 0 Å². The van der Waals surface area contributed by atoms with Gasteiger partial charge in [0.1, 0.15) is 5.78 Å². The Hall–Kier alpha value is -1.68. The van der Waals surface area contributed by atoms with Crippen LogP contribution in [0.25, 0.3) is 0 Å². The molecule has 4 heteroatoms. The Bertz CT molecular complexity index is 441. The number of aliphatic hydroxyl groups is 1. The molecule has 0 spiro atoms. The molecule has 0 radical (unpaired) electrons. The van der Waals surface area contributed by atoms with E-state index >= 15 is 0 Å². The molecule has 4 nitrogen and oxygen atoms in total. The van der Waals surface area contributed by atoms with Gasteiger partial charge >= 0.3 is 5.97 Å². The summed E-state index contributed by atoms with van der Waals surface area (Å²) in [4.78, 5) is 23.0. The maximum absolute atomic E-state index is 11.7. The Morgan fingerprint density at radius 1 is 1.19 bits per heavy atom. The number of hydrogen-bond donors (Lipinski definition) is 1. The molecule has 0 aliphatic heterocycles. The number of ketones is 1. The van der Waals surface area contributed by atoms with E-state index < -0.39 is 12.0 Å². The summed E-state index contributed by atoms with van der Waals surface area (Å²) in [6.45, 7) is 3.54. The van der Waals surface area contributed by atoms with Crippen LogP contribution in [0.3, 0.4) is 0 Å². The molecule has 0 heterocycles. The lowest BCUT2D eigenvalue weighted by molar-refractivity contribution is -0.143. The van der Waals surface area contributed by atoms with Gasteiger partial charge in [-0.1, -0.05) is 30.3 Å². The van der Waals surface area contributed by atoms with E-state index in [9.17, 15) is 14.7 Å². The predicted octanol–water partition coefficient (Wildman–Crippen LogP) is 2.53. The number of carbonyl (C=O) groups is 2. The number of aryl methyl sites for hydroxylation is 1. The van der Waals surface area contributed by atoms with Crippen LogP contribution in [-0.4, -0.2) is 29.6 Å². The largest absolute Gasteiger partial charge is 0.466 e. The Kier molecular flexibility index (Phi) is 7.69. The first-order valence-electron chi connectivity index (χ1n) is 7.42. The van der Waals surface area contributed by atoms with Gasteiger partial charge in [0.25, 0.3) is 0 Å². The van der Waals surface area contributed by atoms with Gasteiger partial charge in [-0.15, -0.1) is 0 Å². The van der Waals surface area contributed by atoms with Crippen molar-refractivity contribution in [2.75, 3.05) is 6.61 Å². The highest BCUT2D eigenvalue weighted by molar-refractivity contribution is 5.79. The van der Waals surface area contributed by atoms with E-state index in [1.807, 2.05) is 30.3 Å². The van der Waals surface area contributed by atoms with E-state index in [1.165, 1.54) is 6.92 Å². The second kappa shape index (κ2) is 9.29. The molecule has 1 rings (SSSR count). The lowest BCUT2D eigenvalue weighted by Crippen LogP contribution is -2.28. The van der Waals surface area contributed by atoms with Crippen molar-refractivity contribution in [2.45, 2.75) is 45.6 Å². The Morgan fingerprint density at radius 3 is 2.43 bits per heavy atom. The molecule has 1 aromatic carbocycles. The van der Waals surface area contributed by atoms with Gasteiger partial charge in [-0.05, 0) is 38.7 Å². The third-order valence-electron chi connectivity index (χ3n) is 3.52. The van der Waals surface area contributed by atoms with Crippen LogP contribution in [0.5, 0.6) is 0 Å². The molecule has 0 amide bonds. The smallest absolute Gasteiger partial charge is 0.305 e. The van der Waals surface area contributed by atoms with Gasteiger partial charge in [0, 0.05) is 12.3 Å². The lowest BCUT2D eigenvalue weighted by Gasteiger charge is -2.20. The van der Waals surface area contributed by atoms with E-state index in [-0.39, 0.29) is 18.2 Å². The maximum Gasteiger partial charge on any atom is 0.305 e. The maximum atomic E-state index is 11.7. The van der Waals surface area contributed by atoms with Gasteiger partial charge in [-0.3, -0.25) is 9.59 Å². The van der Waals surface area contributed by atoms with Gasteiger partial charge in [0.15, 0.2) is 0 Å². The molecular weight excluding hydrogens is 268 g/mol. The molecule has 0 unspecified atom stereocenters. The van der Waals surface area contributed by atoms with Crippen molar-refractivity contribution in [3.8, 4) is 0 Å².